The van der Waals surface area contributed by atoms with Crippen LogP contribution in [0.4, 0.5) is 0 Å². The molecule has 1 unspecified atom stereocenters. The molecular formula is C24H32NPSi. The fourth-order valence-electron chi connectivity index (χ4n) is 3.84. The molecule has 3 rings (SSSR count). The van der Waals surface area contributed by atoms with E-state index in [1.807, 2.05) is 0 Å². The summed E-state index contributed by atoms with van der Waals surface area (Å²) in [5.74, 6) is 0. The van der Waals surface area contributed by atoms with Gasteiger partial charge in [0.05, 0.1) is 8.07 Å². The van der Waals surface area contributed by atoms with Crippen LogP contribution in [-0.2, 0) is 0 Å². The molecule has 27 heavy (non-hydrogen) atoms. The van der Waals surface area contributed by atoms with Gasteiger partial charge in [-0.05, 0) is 56.0 Å². The molecule has 2 atom stereocenters. The number of allylic oxidation sites excluding steroid dienone is 3. The highest BCUT2D eigenvalue weighted by molar-refractivity contribution is 7.77. The summed E-state index contributed by atoms with van der Waals surface area (Å²) < 4.78 is 0. The Kier molecular flexibility index (Phi) is 6.20. The molecule has 0 saturated carbocycles. The fraction of sp³-hybridized carbons (Fsp3) is 0.333. The highest BCUT2D eigenvalue weighted by Crippen LogP contribution is 2.53. The van der Waals surface area contributed by atoms with Gasteiger partial charge in [0.1, 0.15) is 0 Å². The van der Waals surface area contributed by atoms with Gasteiger partial charge in [0.2, 0.25) is 0 Å². The Morgan fingerprint density at radius 3 is 1.74 bits per heavy atom. The zero-order valence-corrected chi connectivity index (χ0v) is 19.4. The Labute approximate surface area is 167 Å². The lowest BCUT2D eigenvalue weighted by Crippen LogP contribution is -2.36. The Bertz CT molecular complexity index is 779. The van der Waals surface area contributed by atoms with Crippen LogP contribution in [0.1, 0.15) is 6.92 Å². The van der Waals surface area contributed by atoms with E-state index in [1.165, 1.54) is 10.6 Å². The summed E-state index contributed by atoms with van der Waals surface area (Å²) in [6.45, 7) is 9.88. The smallest absolute Gasteiger partial charge is 0.0562 e. The van der Waals surface area contributed by atoms with Crippen molar-refractivity contribution in [1.29, 1.82) is 0 Å². The second kappa shape index (κ2) is 8.27. The standard InChI is InChI=1S/C24H32NPSi/c1-19(25(2)3)24-22(17-18-23(24)27(4,5)6)26(20-13-9-7-10-14-20)21-15-11-8-12-16-21/h7-19,23H,1-6H3/t19-,23?/m0/s1. The average Bonchev–Trinajstić information content (AvgIpc) is 3.08. The summed E-state index contributed by atoms with van der Waals surface area (Å²) in [6.07, 6.45) is 4.97. The monoisotopic (exact) mass is 393 g/mol. The zero-order chi connectivity index (χ0) is 19.6. The van der Waals surface area contributed by atoms with E-state index >= 15 is 0 Å². The third-order valence-electron chi connectivity index (χ3n) is 5.50. The molecule has 142 valence electrons. The number of hydrogen-bond acceptors (Lipinski definition) is 1. The maximum atomic E-state index is 2.51. The summed E-state index contributed by atoms with van der Waals surface area (Å²) in [7, 11) is 2.54. The summed E-state index contributed by atoms with van der Waals surface area (Å²) in [4.78, 5) is 2.37. The van der Waals surface area contributed by atoms with Crippen LogP contribution in [0.5, 0.6) is 0 Å². The molecule has 0 heterocycles. The molecule has 0 aromatic heterocycles. The van der Waals surface area contributed by atoms with E-state index in [0.717, 1.165) is 0 Å². The van der Waals surface area contributed by atoms with Crippen LogP contribution in [0.3, 0.4) is 0 Å². The van der Waals surface area contributed by atoms with Gasteiger partial charge < -0.3 is 4.90 Å². The minimum atomic E-state index is -1.35. The van der Waals surface area contributed by atoms with E-state index in [2.05, 4.69) is 118 Å². The number of rotatable bonds is 6. The quantitative estimate of drug-likeness (QED) is 0.456. The van der Waals surface area contributed by atoms with Gasteiger partial charge in [-0.15, -0.1) is 0 Å². The van der Waals surface area contributed by atoms with Crippen LogP contribution in [0.25, 0.3) is 0 Å². The summed E-state index contributed by atoms with van der Waals surface area (Å²) >= 11 is 0. The van der Waals surface area contributed by atoms with E-state index in [0.29, 0.717) is 11.6 Å². The minimum Gasteiger partial charge on any atom is -0.303 e. The number of benzene rings is 2. The molecule has 2 aromatic rings. The first-order valence-electron chi connectivity index (χ1n) is 9.79. The molecule has 3 heteroatoms. The third kappa shape index (κ3) is 4.34. The van der Waals surface area contributed by atoms with Crippen molar-refractivity contribution in [2.75, 3.05) is 14.1 Å². The van der Waals surface area contributed by atoms with E-state index in [1.54, 1.807) is 10.9 Å². The average molecular weight is 394 g/mol. The van der Waals surface area contributed by atoms with Crippen molar-refractivity contribution >= 4 is 26.6 Å². The summed E-state index contributed by atoms with van der Waals surface area (Å²) in [5, 5.41) is 4.45. The van der Waals surface area contributed by atoms with Crippen LogP contribution in [0, 0.1) is 0 Å². The molecule has 0 amide bonds. The highest BCUT2D eigenvalue weighted by Gasteiger charge is 2.37. The van der Waals surface area contributed by atoms with Crippen LogP contribution in [0.2, 0.25) is 25.2 Å². The normalized spacial score (nSPS) is 18.6. The summed E-state index contributed by atoms with van der Waals surface area (Å²) in [6, 6.07) is 22.6. The van der Waals surface area contributed by atoms with Gasteiger partial charge in [0.15, 0.2) is 0 Å². The number of likely N-dealkylation sites (N-methyl/N-ethyl adjacent to an activating group) is 1. The Morgan fingerprint density at radius 1 is 0.852 bits per heavy atom. The van der Waals surface area contributed by atoms with Crippen molar-refractivity contribution in [3.63, 3.8) is 0 Å². The molecule has 0 N–H and O–H groups in total. The van der Waals surface area contributed by atoms with Gasteiger partial charge in [-0.2, -0.15) is 0 Å². The molecule has 0 bridgehead atoms. The SMILES string of the molecule is C[C@@H](C1=C(P(c2ccccc2)c2ccccc2)C=CC1[Si](C)(C)C)N(C)C. The Hall–Kier alpha value is -1.47. The Morgan fingerprint density at radius 2 is 1.33 bits per heavy atom. The van der Waals surface area contributed by atoms with Gasteiger partial charge in [-0.25, -0.2) is 0 Å². The van der Waals surface area contributed by atoms with Crippen molar-refractivity contribution in [2.45, 2.75) is 38.1 Å². The molecule has 0 spiro atoms. The lowest BCUT2D eigenvalue weighted by Gasteiger charge is -2.35. The topological polar surface area (TPSA) is 3.24 Å². The predicted octanol–water partition coefficient (Wildman–Crippen LogP) is 5.60. The van der Waals surface area contributed by atoms with Crippen molar-refractivity contribution in [3.8, 4) is 0 Å². The maximum Gasteiger partial charge on any atom is 0.0562 e. The van der Waals surface area contributed by atoms with Crippen LogP contribution in [-0.4, -0.2) is 33.1 Å². The number of nitrogens with zero attached hydrogens (tertiary/aromatic N) is 1. The first-order valence-corrected chi connectivity index (χ1v) is 14.7. The van der Waals surface area contributed by atoms with Gasteiger partial charge in [0, 0.05) is 6.04 Å². The van der Waals surface area contributed by atoms with Gasteiger partial charge in [-0.1, -0.05) is 92.5 Å². The van der Waals surface area contributed by atoms with Gasteiger partial charge in [0.25, 0.3) is 0 Å². The molecule has 1 nitrogen and oxygen atoms in total. The molecule has 0 aliphatic heterocycles. The maximum absolute atomic E-state index is 2.51. The molecule has 1 aliphatic rings. The van der Waals surface area contributed by atoms with Crippen LogP contribution >= 0.6 is 7.92 Å². The Balaban J connectivity index is 2.22. The van der Waals surface area contributed by atoms with Crippen molar-refractivity contribution in [3.05, 3.63) is 83.7 Å². The van der Waals surface area contributed by atoms with E-state index in [4.69, 9.17) is 0 Å². The first-order chi connectivity index (χ1) is 12.8. The highest BCUT2D eigenvalue weighted by atomic mass is 31.1. The molecule has 0 saturated heterocycles. The summed E-state index contributed by atoms with van der Waals surface area (Å²) in [5.41, 5.74) is 2.26. The lowest BCUT2D eigenvalue weighted by molar-refractivity contribution is 0.347. The van der Waals surface area contributed by atoms with Crippen LogP contribution in [0.15, 0.2) is 83.7 Å². The first kappa shape index (κ1) is 20.3. The molecule has 0 fully saturated rings. The largest absolute Gasteiger partial charge is 0.303 e. The van der Waals surface area contributed by atoms with Gasteiger partial charge >= 0.3 is 0 Å². The predicted molar refractivity (Wildman–Crippen MR) is 125 cm³/mol. The molecular weight excluding hydrogens is 361 g/mol. The molecule has 2 aromatic carbocycles. The van der Waals surface area contributed by atoms with Crippen molar-refractivity contribution < 1.29 is 0 Å². The number of hydrogen-bond donors (Lipinski definition) is 0. The van der Waals surface area contributed by atoms with Gasteiger partial charge in [-0.3, -0.25) is 0 Å². The second-order valence-electron chi connectivity index (χ2n) is 8.69. The van der Waals surface area contributed by atoms with Crippen molar-refractivity contribution in [1.82, 2.24) is 4.90 Å². The molecule has 0 radical (unpaired) electrons. The second-order valence-corrected chi connectivity index (χ2v) is 16.2. The van der Waals surface area contributed by atoms with E-state index < -0.39 is 16.0 Å². The van der Waals surface area contributed by atoms with Crippen LogP contribution < -0.4 is 10.6 Å². The van der Waals surface area contributed by atoms with E-state index in [-0.39, 0.29) is 0 Å². The fourth-order valence-corrected chi connectivity index (χ4v) is 8.58. The minimum absolute atomic E-state index is 0.448. The lowest BCUT2D eigenvalue weighted by atomic mass is 10.1. The zero-order valence-electron chi connectivity index (χ0n) is 17.5. The molecule has 1 aliphatic carbocycles. The van der Waals surface area contributed by atoms with Crippen molar-refractivity contribution in [2.24, 2.45) is 0 Å². The third-order valence-corrected chi connectivity index (χ3v) is 10.4. The van der Waals surface area contributed by atoms with E-state index in [9.17, 15) is 0 Å².